The van der Waals surface area contributed by atoms with Crippen LogP contribution in [0.15, 0.2) is 0 Å². The largest absolute Gasteiger partial charge is 0.395 e. The lowest BCUT2D eigenvalue weighted by Gasteiger charge is -2.45. The zero-order chi connectivity index (χ0) is 14.3. The summed E-state index contributed by atoms with van der Waals surface area (Å²) >= 11 is 0. The van der Waals surface area contributed by atoms with Crippen LogP contribution in [0.5, 0.6) is 0 Å². The molecule has 2 unspecified atom stereocenters. The highest BCUT2D eigenvalue weighted by molar-refractivity contribution is 6.92. The van der Waals surface area contributed by atoms with Crippen LogP contribution in [0.25, 0.3) is 0 Å². The predicted octanol–water partition coefficient (Wildman–Crippen LogP) is 3.10. The summed E-state index contributed by atoms with van der Waals surface area (Å²) in [5.41, 5.74) is 0. The molecule has 1 rings (SSSR count). The van der Waals surface area contributed by atoms with Crippen molar-refractivity contribution in [3.8, 4) is 0 Å². The van der Waals surface area contributed by atoms with Crippen LogP contribution in [-0.4, -0.2) is 32.4 Å². The quantitative estimate of drug-likeness (QED) is 0.590. The molecule has 0 radical (unpaired) electrons. The van der Waals surface area contributed by atoms with Gasteiger partial charge in [0.1, 0.15) is 22.3 Å². The van der Waals surface area contributed by atoms with E-state index in [-0.39, 0.29) is 17.6 Å². The molecule has 3 nitrogen and oxygen atoms in total. The maximum absolute atomic E-state index is 12.8. The highest BCUT2D eigenvalue weighted by Gasteiger charge is 2.45. The molecule has 0 aromatic rings. The fourth-order valence-corrected chi connectivity index (χ4v) is 12.8. The molecule has 1 aliphatic carbocycles. The van der Waals surface area contributed by atoms with Gasteiger partial charge in [0.05, 0.1) is 5.92 Å². The first kappa shape index (κ1) is 15.6. The molecule has 1 fully saturated rings. The summed E-state index contributed by atoms with van der Waals surface area (Å²) < 4.78 is 2.15. The monoisotopic (exact) mass is 285 g/mol. The van der Waals surface area contributed by atoms with Gasteiger partial charge in [-0.3, -0.25) is 9.59 Å². The second-order valence-electron chi connectivity index (χ2n) is 7.58. The van der Waals surface area contributed by atoms with Gasteiger partial charge >= 0.3 is 0 Å². The summed E-state index contributed by atoms with van der Waals surface area (Å²) in [7, 11) is -3.42. The normalized spacial score (nSPS) is 25.4. The van der Waals surface area contributed by atoms with E-state index < -0.39 is 16.5 Å². The number of rotatable bonds is 3. The third-order valence-corrected chi connectivity index (χ3v) is 10.6. The van der Waals surface area contributed by atoms with Gasteiger partial charge in [-0.15, -0.1) is 0 Å². The van der Waals surface area contributed by atoms with E-state index in [4.69, 9.17) is 0 Å². The molecule has 18 heavy (non-hydrogen) atoms. The summed E-state index contributed by atoms with van der Waals surface area (Å²) in [5, 5.41) is 0. The van der Waals surface area contributed by atoms with Crippen molar-refractivity contribution >= 4 is 28.2 Å². The predicted molar refractivity (Wildman–Crippen MR) is 80.4 cm³/mol. The first-order valence-corrected chi connectivity index (χ1v) is 13.7. The molecule has 0 N–H and O–H groups in total. The van der Waals surface area contributed by atoms with E-state index in [1.165, 1.54) is 0 Å². The Morgan fingerprint density at radius 2 is 1.56 bits per heavy atom. The smallest absolute Gasteiger partial charge is 0.217 e. The van der Waals surface area contributed by atoms with E-state index in [1.54, 1.807) is 0 Å². The molecule has 0 spiro atoms. The van der Waals surface area contributed by atoms with Crippen molar-refractivity contribution in [2.75, 3.05) is 0 Å². The Labute approximate surface area is 113 Å². The topological polar surface area (TPSA) is 37.4 Å². The van der Waals surface area contributed by atoms with Gasteiger partial charge in [-0.1, -0.05) is 46.2 Å². The molecule has 1 aliphatic rings. The molecule has 0 aromatic heterocycles. The number of carbonyl (C=O) groups excluding carboxylic acids is 2. The lowest BCUT2D eigenvalue weighted by molar-refractivity contribution is -0.134. The van der Waals surface area contributed by atoms with Crippen LogP contribution in [0.1, 0.15) is 19.8 Å². The molecule has 0 aliphatic heterocycles. The number of carbonyl (C=O) groups is 2. The average molecular weight is 286 g/mol. The average Bonchev–Trinajstić information content (AvgIpc) is 2.39. The van der Waals surface area contributed by atoms with E-state index in [2.05, 4.69) is 50.4 Å². The van der Waals surface area contributed by atoms with Crippen molar-refractivity contribution in [1.82, 2.24) is 4.23 Å². The summed E-state index contributed by atoms with van der Waals surface area (Å²) in [5.74, 6) is 0.312. The Bertz CT molecular complexity index is 341. The fraction of sp³-hybridized carbons (Fsp3) is 0.846. The summed E-state index contributed by atoms with van der Waals surface area (Å²) in [6, 6.07) is 0. The van der Waals surface area contributed by atoms with E-state index >= 15 is 0 Å². The highest BCUT2D eigenvalue weighted by atomic mass is 28.4. The summed E-state index contributed by atoms with van der Waals surface area (Å²) in [4.78, 5) is 24.7. The zero-order valence-electron chi connectivity index (χ0n) is 12.8. The minimum Gasteiger partial charge on any atom is -0.395 e. The summed E-state index contributed by atoms with van der Waals surface area (Å²) in [6.45, 7) is 15.3. The van der Waals surface area contributed by atoms with E-state index in [0.29, 0.717) is 12.3 Å². The van der Waals surface area contributed by atoms with E-state index in [9.17, 15) is 9.59 Å². The Morgan fingerprint density at radius 1 is 1.11 bits per heavy atom. The number of hydrogen-bond acceptors (Lipinski definition) is 2. The van der Waals surface area contributed by atoms with Gasteiger partial charge in [0.25, 0.3) is 0 Å². The second kappa shape index (κ2) is 4.92. The number of ketones is 1. The molecule has 2 atom stereocenters. The molecule has 0 bridgehead atoms. The van der Waals surface area contributed by atoms with E-state index in [0.717, 1.165) is 6.42 Å². The number of amides is 1. The van der Waals surface area contributed by atoms with Gasteiger partial charge in [-0.05, 0) is 12.3 Å². The van der Waals surface area contributed by atoms with Gasteiger partial charge in [0.2, 0.25) is 5.91 Å². The van der Waals surface area contributed by atoms with Gasteiger partial charge in [-0.25, -0.2) is 0 Å². The first-order valence-electron chi connectivity index (χ1n) is 6.81. The molecule has 104 valence electrons. The van der Waals surface area contributed by atoms with Crippen molar-refractivity contribution in [3.63, 3.8) is 0 Å². The molecule has 1 saturated carbocycles. The van der Waals surface area contributed by atoms with Gasteiger partial charge in [0.15, 0.2) is 0 Å². The first-order chi connectivity index (χ1) is 7.94. The van der Waals surface area contributed by atoms with E-state index in [1.807, 2.05) is 0 Å². The minimum atomic E-state index is -1.71. The zero-order valence-corrected chi connectivity index (χ0v) is 14.8. The molecule has 5 heteroatoms. The maximum Gasteiger partial charge on any atom is 0.217 e. The maximum atomic E-state index is 12.8. The lowest BCUT2D eigenvalue weighted by atomic mass is 10.1. The number of nitrogens with zero attached hydrogens (tertiary/aromatic N) is 1. The van der Waals surface area contributed by atoms with Crippen LogP contribution in [0.3, 0.4) is 0 Å². The molecule has 0 saturated heterocycles. The van der Waals surface area contributed by atoms with Crippen LogP contribution >= 0.6 is 0 Å². The van der Waals surface area contributed by atoms with Crippen LogP contribution < -0.4 is 0 Å². The minimum absolute atomic E-state index is 0.127. The van der Waals surface area contributed by atoms with Crippen LogP contribution in [-0.2, 0) is 9.59 Å². The summed E-state index contributed by atoms with van der Waals surface area (Å²) in [6.07, 6.45) is 1.34. The van der Waals surface area contributed by atoms with Gasteiger partial charge in [-0.2, -0.15) is 0 Å². The number of Topliss-reactive ketones (excluding diaryl/α,β-unsaturated/α-hetero) is 1. The molecule has 0 aromatic carbocycles. The highest BCUT2D eigenvalue weighted by Crippen LogP contribution is 2.32. The third kappa shape index (κ3) is 3.32. The fourth-order valence-electron chi connectivity index (χ4n) is 3.16. The van der Waals surface area contributed by atoms with Crippen LogP contribution in [0, 0.1) is 11.8 Å². The Hall–Kier alpha value is -0.426. The van der Waals surface area contributed by atoms with Crippen molar-refractivity contribution in [2.45, 2.75) is 59.0 Å². The van der Waals surface area contributed by atoms with Crippen LogP contribution in [0.4, 0.5) is 0 Å². The third-order valence-electron chi connectivity index (χ3n) is 3.44. The Kier molecular flexibility index (Phi) is 4.28. The molecule has 0 heterocycles. The van der Waals surface area contributed by atoms with Crippen molar-refractivity contribution in [3.05, 3.63) is 0 Å². The molecular formula is C13H27NO2Si2. The van der Waals surface area contributed by atoms with Crippen molar-refractivity contribution < 1.29 is 9.59 Å². The molecular weight excluding hydrogens is 258 g/mol. The van der Waals surface area contributed by atoms with Crippen LogP contribution in [0.2, 0.25) is 39.3 Å². The SMILES string of the molecule is CC1CC(=O)C(C(=O)N([Si](C)(C)C)[Si](C)(C)C)C1. The Morgan fingerprint density at radius 3 is 1.83 bits per heavy atom. The lowest BCUT2D eigenvalue weighted by Crippen LogP contribution is -2.63. The number of hydrogen-bond donors (Lipinski definition) is 0. The van der Waals surface area contributed by atoms with Crippen molar-refractivity contribution in [2.24, 2.45) is 11.8 Å². The van der Waals surface area contributed by atoms with Gasteiger partial charge < -0.3 is 4.23 Å². The standard InChI is InChI=1S/C13H27NO2Si2/c1-10-8-11(12(15)9-10)13(16)14(17(2,3)4)18(5,6)7/h10-11H,8-9H2,1-7H3. The second-order valence-corrected chi connectivity index (χ2v) is 17.6. The van der Waals surface area contributed by atoms with Gasteiger partial charge in [0, 0.05) is 6.42 Å². The van der Waals surface area contributed by atoms with Crippen molar-refractivity contribution in [1.29, 1.82) is 0 Å². The molecule has 1 amide bonds. The Balaban J connectivity index is 3.02.